The molecule has 7 heteroatoms. The lowest BCUT2D eigenvalue weighted by Gasteiger charge is -2.26. The van der Waals surface area contributed by atoms with Crippen LogP contribution < -0.4 is 10.6 Å². The van der Waals surface area contributed by atoms with Gasteiger partial charge >= 0.3 is 11.8 Å². The number of methoxy groups -OCH3 is 1. The molecule has 0 aromatic carbocycles. The van der Waals surface area contributed by atoms with E-state index < -0.39 is 11.8 Å². The molecule has 0 unspecified atom stereocenters. The van der Waals surface area contributed by atoms with Crippen LogP contribution in [-0.2, 0) is 19.1 Å². The van der Waals surface area contributed by atoms with Gasteiger partial charge in [0, 0.05) is 46.4 Å². The Labute approximate surface area is 113 Å². The average Bonchev–Trinajstić information content (AvgIpc) is 2.44. The van der Waals surface area contributed by atoms with Crippen molar-refractivity contribution in [2.75, 3.05) is 59.7 Å². The highest BCUT2D eigenvalue weighted by Crippen LogP contribution is 1.94. The van der Waals surface area contributed by atoms with E-state index in [1.165, 1.54) is 0 Å². The molecular formula is C12H23N3O4. The molecule has 19 heavy (non-hydrogen) atoms. The summed E-state index contributed by atoms with van der Waals surface area (Å²) in [7, 11) is 1.60. The zero-order valence-corrected chi connectivity index (χ0v) is 11.4. The molecule has 0 atom stereocenters. The van der Waals surface area contributed by atoms with Crippen LogP contribution >= 0.6 is 0 Å². The van der Waals surface area contributed by atoms with Crippen molar-refractivity contribution in [1.29, 1.82) is 0 Å². The summed E-state index contributed by atoms with van der Waals surface area (Å²) in [4.78, 5) is 25.0. The topological polar surface area (TPSA) is 79.9 Å². The number of nitrogens with one attached hydrogen (secondary N) is 2. The Bertz CT molecular complexity index is 280. The first kappa shape index (κ1) is 15.9. The highest BCUT2D eigenvalue weighted by molar-refractivity contribution is 6.35. The summed E-state index contributed by atoms with van der Waals surface area (Å²) < 4.78 is 10.1. The zero-order valence-electron chi connectivity index (χ0n) is 11.4. The molecule has 1 aliphatic rings. The molecule has 0 spiro atoms. The molecule has 7 nitrogen and oxygen atoms in total. The first-order chi connectivity index (χ1) is 9.24. The third kappa shape index (κ3) is 7.09. The fourth-order valence-electron chi connectivity index (χ4n) is 1.73. The zero-order chi connectivity index (χ0) is 13.9. The van der Waals surface area contributed by atoms with Crippen molar-refractivity contribution in [3.8, 4) is 0 Å². The Balaban J connectivity index is 2.04. The third-order valence-corrected chi connectivity index (χ3v) is 2.83. The van der Waals surface area contributed by atoms with E-state index in [1.54, 1.807) is 7.11 Å². The van der Waals surface area contributed by atoms with Crippen molar-refractivity contribution in [2.45, 2.75) is 6.42 Å². The molecule has 1 heterocycles. The second-order valence-electron chi connectivity index (χ2n) is 4.31. The minimum absolute atomic E-state index is 0.448. The summed E-state index contributed by atoms with van der Waals surface area (Å²) in [5.74, 6) is -1.16. The van der Waals surface area contributed by atoms with Crippen molar-refractivity contribution >= 4 is 11.8 Å². The number of hydrogen-bond donors (Lipinski definition) is 2. The van der Waals surface area contributed by atoms with E-state index in [1.807, 2.05) is 0 Å². The standard InChI is InChI=1S/C12H23N3O4/c1-18-8-2-3-13-11(16)12(17)14-4-5-15-6-9-19-10-7-15/h2-10H2,1H3,(H,13,16)(H,14,17). The molecule has 0 bridgehead atoms. The fraction of sp³-hybridized carbons (Fsp3) is 0.833. The lowest BCUT2D eigenvalue weighted by Crippen LogP contribution is -2.45. The number of amides is 2. The predicted octanol–water partition coefficient (Wildman–Crippen LogP) is -1.41. The summed E-state index contributed by atoms with van der Waals surface area (Å²) in [5.41, 5.74) is 0. The molecule has 1 saturated heterocycles. The van der Waals surface area contributed by atoms with Crippen LogP contribution in [0.25, 0.3) is 0 Å². The molecule has 0 saturated carbocycles. The van der Waals surface area contributed by atoms with Gasteiger partial charge in [-0.05, 0) is 6.42 Å². The Morgan fingerprint density at radius 3 is 2.42 bits per heavy atom. The van der Waals surface area contributed by atoms with Crippen LogP contribution in [0.4, 0.5) is 0 Å². The molecule has 0 aromatic heterocycles. The van der Waals surface area contributed by atoms with E-state index >= 15 is 0 Å². The van der Waals surface area contributed by atoms with E-state index in [0.717, 1.165) is 32.8 Å². The summed E-state index contributed by atoms with van der Waals surface area (Å²) in [6, 6.07) is 0. The number of hydrogen-bond acceptors (Lipinski definition) is 5. The highest BCUT2D eigenvalue weighted by Gasteiger charge is 2.14. The molecule has 2 amide bonds. The summed E-state index contributed by atoms with van der Waals surface area (Å²) in [5, 5.41) is 5.15. The second kappa shape index (κ2) is 9.71. The lowest BCUT2D eigenvalue weighted by atomic mass is 10.4. The summed E-state index contributed by atoms with van der Waals surface area (Å²) >= 11 is 0. The molecule has 1 rings (SSSR count). The highest BCUT2D eigenvalue weighted by atomic mass is 16.5. The van der Waals surface area contributed by atoms with Gasteiger partial charge < -0.3 is 20.1 Å². The first-order valence-electron chi connectivity index (χ1n) is 6.59. The maximum Gasteiger partial charge on any atom is 0.309 e. The van der Waals surface area contributed by atoms with Crippen molar-refractivity contribution < 1.29 is 19.1 Å². The van der Waals surface area contributed by atoms with Crippen LogP contribution in [0.2, 0.25) is 0 Å². The number of nitrogens with zero attached hydrogens (tertiary/aromatic N) is 1. The van der Waals surface area contributed by atoms with E-state index in [0.29, 0.717) is 26.1 Å². The van der Waals surface area contributed by atoms with Gasteiger partial charge in [-0.25, -0.2) is 0 Å². The largest absolute Gasteiger partial charge is 0.385 e. The summed E-state index contributed by atoms with van der Waals surface area (Å²) in [6.45, 7) is 5.44. The van der Waals surface area contributed by atoms with Crippen molar-refractivity contribution in [2.24, 2.45) is 0 Å². The smallest absolute Gasteiger partial charge is 0.309 e. The van der Waals surface area contributed by atoms with Gasteiger partial charge in [-0.3, -0.25) is 14.5 Å². The maximum absolute atomic E-state index is 11.5. The van der Waals surface area contributed by atoms with Crippen molar-refractivity contribution in [1.82, 2.24) is 15.5 Å². The van der Waals surface area contributed by atoms with E-state index in [2.05, 4.69) is 15.5 Å². The maximum atomic E-state index is 11.5. The first-order valence-corrected chi connectivity index (χ1v) is 6.59. The van der Waals surface area contributed by atoms with Gasteiger partial charge in [-0.1, -0.05) is 0 Å². The van der Waals surface area contributed by atoms with Gasteiger partial charge in [0.15, 0.2) is 0 Å². The molecule has 1 aliphatic heterocycles. The molecule has 2 N–H and O–H groups in total. The Morgan fingerprint density at radius 2 is 1.79 bits per heavy atom. The molecule has 1 fully saturated rings. The van der Waals surface area contributed by atoms with Gasteiger partial charge in [0.1, 0.15) is 0 Å². The van der Waals surface area contributed by atoms with Crippen LogP contribution in [0.1, 0.15) is 6.42 Å². The van der Waals surface area contributed by atoms with Crippen LogP contribution in [0.15, 0.2) is 0 Å². The monoisotopic (exact) mass is 273 g/mol. The molecule has 0 aromatic rings. The molecule has 0 radical (unpaired) electrons. The van der Waals surface area contributed by atoms with Gasteiger partial charge in [0.25, 0.3) is 0 Å². The Morgan fingerprint density at radius 1 is 1.16 bits per heavy atom. The van der Waals surface area contributed by atoms with Crippen LogP contribution in [0.3, 0.4) is 0 Å². The van der Waals surface area contributed by atoms with Crippen molar-refractivity contribution in [3.63, 3.8) is 0 Å². The summed E-state index contributed by atoms with van der Waals surface area (Å²) in [6.07, 6.45) is 0.698. The quantitative estimate of drug-likeness (QED) is 0.440. The van der Waals surface area contributed by atoms with E-state index in [9.17, 15) is 9.59 Å². The van der Waals surface area contributed by atoms with Gasteiger partial charge in [0.2, 0.25) is 0 Å². The van der Waals surface area contributed by atoms with Crippen LogP contribution in [0.5, 0.6) is 0 Å². The van der Waals surface area contributed by atoms with Gasteiger partial charge in [-0.2, -0.15) is 0 Å². The number of morpholine rings is 1. The minimum Gasteiger partial charge on any atom is -0.385 e. The predicted molar refractivity (Wildman–Crippen MR) is 69.8 cm³/mol. The molecular weight excluding hydrogens is 250 g/mol. The molecule has 0 aliphatic carbocycles. The number of carbonyl (C=O) groups is 2. The van der Waals surface area contributed by atoms with Gasteiger partial charge in [-0.15, -0.1) is 0 Å². The van der Waals surface area contributed by atoms with E-state index in [-0.39, 0.29) is 0 Å². The number of rotatable bonds is 7. The second-order valence-corrected chi connectivity index (χ2v) is 4.31. The van der Waals surface area contributed by atoms with Crippen LogP contribution in [0, 0.1) is 0 Å². The lowest BCUT2D eigenvalue weighted by molar-refractivity contribution is -0.139. The minimum atomic E-state index is -0.585. The number of carbonyl (C=O) groups excluding carboxylic acids is 2. The number of ether oxygens (including phenoxy) is 2. The molecule has 110 valence electrons. The SMILES string of the molecule is COCCCNC(=O)C(=O)NCCN1CCOCC1. The third-order valence-electron chi connectivity index (χ3n) is 2.83. The van der Waals surface area contributed by atoms with E-state index in [4.69, 9.17) is 9.47 Å². The van der Waals surface area contributed by atoms with Crippen LogP contribution in [-0.4, -0.2) is 76.4 Å². The fourth-order valence-corrected chi connectivity index (χ4v) is 1.73. The average molecular weight is 273 g/mol. The normalized spacial score (nSPS) is 16.1. The Hall–Kier alpha value is -1.18. The Kier molecular flexibility index (Phi) is 8.11. The van der Waals surface area contributed by atoms with Crippen molar-refractivity contribution in [3.05, 3.63) is 0 Å². The van der Waals surface area contributed by atoms with Gasteiger partial charge in [0.05, 0.1) is 13.2 Å².